The summed E-state index contributed by atoms with van der Waals surface area (Å²) in [5.74, 6) is -0.422. The van der Waals surface area contributed by atoms with Crippen molar-refractivity contribution in [2.75, 3.05) is 31.3 Å². The Morgan fingerprint density at radius 3 is 2.60 bits per heavy atom. The molecule has 4 N–H and O–H groups in total. The van der Waals surface area contributed by atoms with Gasteiger partial charge in [0, 0.05) is 32.6 Å². The van der Waals surface area contributed by atoms with Crippen molar-refractivity contribution in [3.8, 4) is 0 Å². The predicted molar refractivity (Wildman–Crippen MR) is 99.4 cm³/mol. The van der Waals surface area contributed by atoms with Gasteiger partial charge in [0.1, 0.15) is 10.7 Å². The molecule has 10 heteroatoms. The first kappa shape index (κ1) is 19.3. The number of aromatic nitrogens is 1. The Kier molecular flexibility index (Phi) is 6.11. The molecule has 1 aromatic carbocycles. The molecule has 0 aliphatic heterocycles. The van der Waals surface area contributed by atoms with Gasteiger partial charge < -0.3 is 16.4 Å². The van der Waals surface area contributed by atoms with Crippen molar-refractivity contribution in [3.63, 3.8) is 0 Å². The van der Waals surface area contributed by atoms with Crippen LogP contribution in [0.15, 0.2) is 28.5 Å². The van der Waals surface area contributed by atoms with Crippen LogP contribution in [0.4, 0.5) is 11.4 Å². The van der Waals surface area contributed by atoms with Gasteiger partial charge in [-0.25, -0.2) is 17.7 Å². The Labute approximate surface area is 151 Å². The van der Waals surface area contributed by atoms with Gasteiger partial charge in [0.05, 0.1) is 16.3 Å². The second-order valence-electron chi connectivity index (χ2n) is 5.31. The van der Waals surface area contributed by atoms with Gasteiger partial charge in [-0.05, 0) is 25.1 Å². The van der Waals surface area contributed by atoms with E-state index in [1.54, 1.807) is 11.4 Å². The van der Waals surface area contributed by atoms with Crippen molar-refractivity contribution in [1.29, 1.82) is 0 Å². The Morgan fingerprint density at radius 1 is 1.32 bits per heavy atom. The second-order valence-corrected chi connectivity index (χ2v) is 8.40. The van der Waals surface area contributed by atoms with Gasteiger partial charge in [0.25, 0.3) is 5.91 Å². The topological polar surface area (TPSA) is 117 Å². The normalized spacial score (nSPS) is 11.6. The van der Waals surface area contributed by atoms with E-state index in [4.69, 9.17) is 5.73 Å². The maximum Gasteiger partial charge on any atom is 0.275 e. The van der Waals surface area contributed by atoms with Gasteiger partial charge in [-0.15, -0.1) is 11.3 Å². The van der Waals surface area contributed by atoms with Crippen LogP contribution in [0.1, 0.15) is 22.4 Å². The molecule has 0 aliphatic rings. The predicted octanol–water partition coefficient (Wildman–Crippen LogP) is 1.54. The number of nitrogens with zero attached hydrogens (tertiary/aromatic N) is 2. The monoisotopic (exact) mass is 383 g/mol. The number of hydrogen-bond acceptors (Lipinski definition) is 7. The summed E-state index contributed by atoms with van der Waals surface area (Å²) < 4.78 is 25.8. The summed E-state index contributed by atoms with van der Waals surface area (Å²) in [6.07, 6.45) is 0. The fourth-order valence-electron chi connectivity index (χ4n) is 2.04. The minimum Gasteiger partial charge on any atom is -0.384 e. The highest BCUT2D eigenvalue weighted by atomic mass is 32.2. The van der Waals surface area contributed by atoms with Gasteiger partial charge in [-0.1, -0.05) is 0 Å². The van der Waals surface area contributed by atoms with E-state index < -0.39 is 15.9 Å². The number of rotatable bonds is 7. The molecule has 0 aliphatic carbocycles. The minimum atomic E-state index is -3.61. The summed E-state index contributed by atoms with van der Waals surface area (Å²) >= 11 is 1.30. The molecule has 8 nitrogen and oxygen atoms in total. The molecule has 2 aromatic rings. The smallest absolute Gasteiger partial charge is 0.275 e. The molecule has 0 fully saturated rings. The molecule has 25 heavy (non-hydrogen) atoms. The largest absolute Gasteiger partial charge is 0.384 e. The zero-order valence-electron chi connectivity index (χ0n) is 14.2. The molecule has 0 saturated carbocycles. The van der Waals surface area contributed by atoms with Crippen LogP contribution < -0.4 is 16.4 Å². The summed E-state index contributed by atoms with van der Waals surface area (Å²) in [6.45, 7) is 2.79. The third kappa shape index (κ3) is 4.34. The van der Waals surface area contributed by atoms with Crippen LogP contribution in [0.25, 0.3) is 0 Å². The van der Waals surface area contributed by atoms with E-state index in [1.807, 2.05) is 6.92 Å². The fraction of sp³-hybridized carbons (Fsp3) is 0.333. The van der Waals surface area contributed by atoms with Crippen molar-refractivity contribution in [3.05, 3.63) is 34.3 Å². The number of benzene rings is 1. The molecule has 1 heterocycles. The number of thiazole rings is 1. The van der Waals surface area contributed by atoms with Gasteiger partial charge in [-0.2, -0.15) is 0 Å². The Hall–Kier alpha value is -2.01. The van der Waals surface area contributed by atoms with Crippen LogP contribution in [0.2, 0.25) is 0 Å². The lowest BCUT2D eigenvalue weighted by Crippen LogP contribution is -2.22. The van der Waals surface area contributed by atoms with E-state index in [-0.39, 0.29) is 17.1 Å². The summed E-state index contributed by atoms with van der Waals surface area (Å²) in [5.41, 5.74) is 6.75. The average Bonchev–Trinajstić information content (AvgIpc) is 3.05. The van der Waals surface area contributed by atoms with E-state index in [1.165, 1.54) is 37.6 Å². The quantitative estimate of drug-likeness (QED) is 0.667. The first-order valence-corrected chi connectivity index (χ1v) is 9.87. The number of sulfonamides is 1. The number of nitrogens with two attached hydrogens (primary N) is 1. The van der Waals surface area contributed by atoms with Gasteiger partial charge in [-0.3, -0.25) is 4.79 Å². The zero-order chi connectivity index (χ0) is 18.6. The van der Waals surface area contributed by atoms with Gasteiger partial charge >= 0.3 is 0 Å². The maximum atomic E-state index is 12.4. The third-order valence-corrected chi connectivity index (χ3v) is 6.03. The maximum absolute atomic E-state index is 12.4. The number of nitrogens with one attached hydrogen (secondary N) is 2. The van der Waals surface area contributed by atoms with Crippen LogP contribution >= 0.6 is 11.3 Å². The molecular weight excluding hydrogens is 362 g/mol. The lowest BCUT2D eigenvalue weighted by Gasteiger charge is -2.16. The molecule has 0 bridgehead atoms. The number of carbonyl (C=O) groups excluding carboxylic acids is 1. The van der Waals surface area contributed by atoms with Crippen molar-refractivity contribution in [2.45, 2.75) is 18.4 Å². The summed E-state index contributed by atoms with van der Waals surface area (Å²) in [7, 11) is -0.700. The SMILES string of the molecule is CCNc1ccc(S(=O)(=O)N(C)C)cc1NC(=O)c1csc(CN)n1. The van der Waals surface area contributed by atoms with Crippen molar-refractivity contribution < 1.29 is 13.2 Å². The van der Waals surface area contributed by atoms with Crippen LogP contribution in [0, 0.1) is 0 Å². The van der Waals surface area contributed by atoms with Crippen molar-refractivity contribution in [1.82, 2.24) is 9.29 Å². The van der Waals surface area contributed by atoms with E-state index in [0.717, 1.165) is 4.31 Å². The minimum absolute atomic E-state index is 0.0929. The van der Waals surface area contributed by atoms with Crippen LogP contribution in [-0.4, -0.2) is 44.3 Å². The highest BCUT2D eigenvalue weighted by Crippen LogP contribution is 2.27. The summed E-state index contributed by atoms with van der Waals surface area (Å²) in [5, 5.41) is 8.09. The standard InChI is InChI=1S/C15H21N5O3S2/c1-4-17-11-6-5-10(25(22,23)20(2)3)7-12(11)19-15(21)13-9-24-14(8-16)18-13/h5-7,9,17H,4,8,16H2,1-3H3,(H,19,21). The van der Waals surface area contributed by atoms with E-state index >= 15 is 0 Å². The molecule has 0 saturated heterocycles. The molecule has 2 rings (SSSR count). The lowest BCUT2D eigenvalue weighted by atomic mass is 10.2. The highest BCUT2D eigenvalue weighted by Gasteiger charge is 2.20. The average molecular weight is 383 g/mol. The van der Waals surface area contributed by atoms with Crippen molar-refractivity contribution in [2.24, 2.45) is 5.73 Å². The molecule has 136 valence electrons. The van der Waals surface area contributed by atoms with E-state index in [0.29, 0.717) is 22.9 Å². The molecule has 0 radical (unpaired) electrons. The number of carbonyl (C=O) groups is 1. The number of hydrogen-bond donors (Lipinski definition) is 3. The summed E-state index contributed by atoms with van der Waals surface area (Å²) in [4.78, 5) is 16.6. The molecule has 1 aromatic heterocycles. The fourth-order valence-corrected chi connectivity index (χ4v) is 3.62. The summed E-state index contributed by atoms with van der Waals surface area (Å²) in [6, 6.07) is 4.56. The first-order chi connectivity index (χ1) is 11.8. The van der Waals surface area contributed by atoms with E-state index in [9.17, 15) is 13.2 Å². The molecular formula is C15H21N5O3S2. The first-order valence-electron chi connectivity index (χ1n) is 7.55. The van der Waals surface area contributed by atoms with Crippen LogP contribution in [0.3, 0.4) is 0 Å². The molecule has 1 amide bonds. The molecule has 0 atom stereocenters. The highest BCUT2D eigenvalue weighted by molar-refractivity contribution is 7.89. The van der Waals surface area contributed by atoms with E-state index in [2.05, 4.69) is 15.6 Å². The Morgan fingerprint density at radius 2 is 2.04 bits per heavy atom. The van der Waals surface area contributed by atoms with Crippen molar-refractivity contribution >= 4 is 38.6 Å². The van der Waals surface area contributed by atoms with Crippen LogP contribution in [0.5, 0.6) is 0 Å². The second kappa shape index (κ2) is 7.91. The Balaban J connectivity index is 2.38. The Bertz CT molecular complexity index is 862. The van der Waals surface area contributed by atoms with Crippen LogP contribution in [-0.2, 0) is 16.6 Å². The third-order valence-electron chi connectivity index (χ3n) is 3.34. The van der Waals surface area contributed by atoms with Gasteiger partial charge in [0.15, 0.2) is 0 Å². The number of amides is 1. The lowest BCUT2D eigenvalue weighted by molar-refractivity contribution is 0.102. The number of anilines is 2. The molecule has 0 spiro atoms. The molecule has 0 unspecified atom stereocenters. The van der Waals surface area contributed by atoms with Gasteiger partial charge in [0.2, 0.25) is 10.0 Å². The zero-order valence-corrected chi connectivity index (χ0v) is 15.9.